The third kappa shape index (κ3) is 3.12. The Balaban J connectivity index is 2.04. The lowest BCUT2D eigenvalue weighted by molar-refractivity contribution is -0.119. The van der Waals surface area contributed by atoms with Gasteiger partial charge in [0.15, 0.2) is 17.4 Å². The minimum atomic E-state index is -1.19. The van der Waals surface area contributed by atoms with Gasteiger partial charge in [0.05, 0.1) is 6.04 Å². The standard InChI is InChI=1S/C19H18F2N2O3/c1-10-7-16(22-11(2)24)13-5-3-4-6-17(13)23(10)19(26)12-8-14(20)18(25)15(21)9-12/h3-6,8-10,16,25H,7H2,1-2H3,(H,22,24). The van der Waals surface area contributed by atoms with Crippen LogP contribution in [0.1, 0.15) is 42.2 Å². The molecule has 0 saturated carbocycles. The van der Waals surface area contributed by atoms with Crippen LogP contribution in [0.4, 0.5) is 14.5 Å². The Morgan fingerprint density at radius 1 is 1.19 bits per heavy atom. The molecule has 1 aliphatic rings. The van der Waals surface area contributed by atoms with Gasteiger partial charge < -0.3 is 15.3 Å². The summed E-state index contributed by atoms with van der Waals surface area (Å²) >= 11 is 0. The third-order valence-electron chi connectivity index (χ3n) is 4.45. The van der Waals surface area contributed by atoms with Gasteiger partial charge in [0, 0.05) is 24.2 Å². The summed E-state index contributed by atoms with van der Waals surface area (Å²) in [7, 11) is 0. The van der Waals surface area contributed by atoms with Crippen molar-refractivity contribution in [1.29, 1.82) is 0 Å². The lowest BCUT2D eigenvalue weighted by atomic mass is 9.91. The first kappa shape index (κ1) is 17.8. The number of rotatable bonds is 2. The number of hydrogen-bond acceptors (Lipinski definition) is 3. The fourth-order valence-electron chi connectivity index (χ4n) is 3.33. The van der Waals surface area contributed by atoms with Crippen molar-refractivity contribution in [3.05, 3.63) is 59.2 Å². The van der Waals surface area contributed by atoms with E-state index in [2.05, 4.69) is 5.32 Å². The summed E-state index contributed by atoms with van der Waals surface area (Å²) in [6.07, 6.45) is 0.464. The summed E-state index contributed by atoms with van der Waals surface area (Å²) in [6, 6.07) is 8.15. The van der Waals surface area contributed by atoms with E-state index < -0.39 is 23.3 Å². The minimum absolute atomic E-state index is 0.181. The van der Waals surface area contributed by atoms with Crippen LogP contribution in [0.15, 0.2) is 36.4 Å². The predicted octanol–water partition coefficient (Wildman–Crippen LogP) is 3.29. The Kier molecular flexibility index (Phi) is 4.63. The van der Waals surface area contributed by atoms with Crippen molar-refractivity contribution in [2.45, 2.75) is 32.4 Å². The van der Waals surface area contributed by atoms with Crippen LogP contribution < -0.4 is 10.2 Å². The Labute approximate surface area is 149 Å². The van der Waals surface area contributed by atoms with E-state index in [1.807, 2.05) is 0 Å². The normalized spacial score (nSPS) is 19.0. The van der Waals surface area contributed by atoms with Crippen LogP contribution in [0, 0.1) is 11.6 Å². The Morgan fingerprint density at radius 2 is 1.81 bits per heavy atom. The molecule has 136 valence electrons. The van der Waals surface area contributed by atoms with Gasteiger partial charge in [-0.15, -0.1) is 0 Å². The number of carbonyl (C=O) groups excluding carboxylic acids is 2. The molecule has 0 saturated heterocycles. The molecule has 2 unspecified atom stereocenters. The first-order chi connectivity index (χ1) is 12.3. The lowest BCUT2D eigenvalue weighted by Gasteiger charge is -2.39. The highest BCUT2D eigenvalue weighted by molar-refractivity contribution is 6.07. The zero-order valence-electron chi connectivity index (χ0n) is 14.3. The summed E-state index contributed by atoms with van der Waals surface area (Å²) in [4.78, 5) is 25.9. The molecule has 1 aliphatic heterocycles. The van der Waals surface area contributed by atoms with Crippen molar-refractivity contribution < 1.29 is 23.5 Å². The van der Waals surface area contributed by atoms with Gasteiger partial charge in [-0.2, -0.15) is 0 Å². The van der Waals surface area contributed by atoms with Crippen LogP contribution in [0.3, 0.4) is 0 Å². The van der Waals surface area contributed by atoms with E-state index in [-0.39, 0.29) is 23.6 Å². The molecule has 0 radical (unpaired) electrons. The number of anilines is 1. The highest BCUT2D eigenvalue weighted by Gasteiger charge is 2.34. The fourth-order valence-corrected chi connectivity index (χ4v) is 3.33. The number of amides is 2. The average Bonchev–Trinajstić information content (AvgIpc) is 2.58. The van der Waals surface area contributed by atoms with Gasteiger partial charge in [-0.05, 0) is 37.1 Å². The SMILES string of the molecule is CC(=O)NC1CC(C)N(C(=O)c2cc(F)c(O)c(F)c2)c2ccccc21. The van der Waals surface area contributed by atoms with E-state index in [0.717, 1.165) is 17.7 Å². The molecule has 5 nitrogen and oxygen atoms in total. The van der Waals surface area contributed by atoms with Crippen LogP contribution in [0.2, 0.25) is 0 Å². The molecular formula is C19H18F2N2O3. The number of phenolic OH excluding ortho intramolecular Hbond substituents is 1. The second kappa shape index (κ2) is 6.74. The zero-order chi connectivity index (χ0) is 19.0. The van der Waals surface area contributed by atoms with Gasteiger partial charge in [-0.25, -0.2) is 8.78 Å². The van der Waals surface area contributed by atoms with E-state index in [0.29, 0.717) is 12.1 Å². The molecule has 2 aromatic carbocycles. The maximum Gasteiger partial charge on any atom is 0.258 e. The van der Waals surface area contributed by atoms with E-state index in [9.17, 15) is 23.5 Å². The second-order valence-corrected chi connectivity index (χ2v) is 6.36. The van der Waals surface area contributed by atoms with E-state index in [1.165, 1.54) is 11.8 Å². The van der Waals surface area contributed by atoms with Crippen LogP contribution in [0.25, 0.3) is 0 Å². The van der Waals surface area contributed by atoms with E-state index in [1.54, 1.807) is 31.2 Å². The molecule has 0 aliphatic carbocycles. The fraction of sp³-hybridized carbons (Fsp3) is 0.263. The van der Waals surface area contributed by atoms with Crippen molar-refractivity contribution in [3.8, 4) is 5.75 Å². The molecule has 3 rings (SSSR count). The monoisotopic (exact) mass is 360 g/mol. The van der Waals surface area contributed by atoms with Gasteiger partial charge in [-0.1, -0.05) is 18.2 Å². The molecule has 2 aromatic rings. The van der Waals surface area contributed by atoms with Crippen molar-refractivity contribution in [2.24, 2.45) is 0 Å². The van der Waals surface area contributed by atoms with Gasteiger partial charge in [0.2, 0.25) is 5.91 Å². The smallest absolute Gasteiger partial charge is 0.258 e. The maximum absolute atomic E-state index is 13.7. The molecule has 26 heavy (non-hydrogen) atoms. The molecule has 0 aromatic heterocycles. The summed E-state index contributed by atoms with van der Waals surface area (Å²) in [5, 5.41) is 12.1. The number of para-hydroxylation sites is 1. The van der Waals surface area contributed by atoms with Crippen molar-refractivity contribution in [3.63, 3.8) is 0 Å². The van der Waals surface area contributed by atoms with Crippen molar-refractivity contribution in [1.82, 2.24) is 5.32 Å². The second-order valence-electron chi connectivity index (χ2n) is 6.36. The highest BCUT2D eigenvalue weighted by atomic mass is 19.1. The topological polar surface area (TPSA) is 69.6 Å². The van der Waals surface area contributed by atoms with Gasteiger partial charge >= 0.3 is 0 Å². The van der Waals surface area contributed by atoms with Crippen LogP contribution in [-0.2, 0) is 4.79 Å². The number of fused-ring (bicyclic) bond motifs is 1. The van der Waals surface area contributed by atoms with Crippen LogP contribution in [-0.4, -0.2) is 23.0 Å². The molecule has 2 atom stereocenters. The van der Waals surface area contributed by atoms with Gasteiger partial charge in [0.25, 0.3) is 5.91 Å². The number of halogens is 2. The number of nitrogens with one attached hydrogen (secondary N) is 1. The number of hydrogen-bond donors (Lipinski definition) is 2. The minimum Gasteiger partial charge on any atom is -0.503 e. The Morgan fingerprint density at radius 3 is 2.42 bits per heavy atom. The van der Waals surface area contributed by atoms with Crippen molar-refractivity contribution >= 4 is 17.5 Å². The summed E-state index contributed by atoms with van der Waals surface area (Å²) in [5.74, 6) is -4.26. The largest absolute Gasteiger partial charge is 0.503 e. The number of benzene rings is 2. The number of nitrogens with zero attached hydrogens (tertiary/aromatic N) is 1. The molecular weight excluding hydrogens is 342 g/mol. The number of phenols is 1. The number of aromatic hydroxyl groups is 1. The Hall–Kier alpha value is -2.96. The average molecular weight is 360 g/mol. The summed E-state index contributed by atoms with van der Waals surface area (Å²) in [6.45, 7) is 3.22. The quantitative estimate of drug-likeness (QED) is 0.863. The van der Waals surface area contributed by atoms with E-state index >= 15 is 0 Å². The molecule has 2 amide bonds. The zero-order valence-corrected chi connectivity index (χ0v) is 14.3. The van der Waals surface area contributed by atoms with E-state index in [4.69, 9.17) is 0 Å². The predicted molar refractivity (Wildman–Crippen MR) is 91.9 cm³/mol. The highest BCUT2D eigenvalue weighted by Crippen LogP contribution is 2.38. The molecule has 0 bridgehead atoms. The van der Waals surface area contributed by atoms with Gasteiger partial charge in [0.1, 0.15) is 0 Å². The third-order valence-corrected chi connectivity index (χ3v) is 4.45. The van der Waals surface area contributed by atoms with Gasteiger partial charge in [-0.3, -0.25) is 9.59 Å². The van der Waals surface area contributed by atoms with Crippen molar-refractivity contribution in [2.75, 3.05) is 4.90 Å². The molecule has 1 heterocycles. The maximum atomic E-state index is 13.7. The molecule has 0 spiro atoms. The first-order valence-corrected chi connectivity index (χ1v) is 8.17. The summed E-state index contributed by atoms with van der Waals surface area (Å²) < 4.78 is 27.3. The lowest BCUT2D eigenvalue weighted by Crippen LogP contribution is -2.46. The molecule has 2 N–H and O–H groups in total. The molecule has 0 fully saturated rings. The Bertz CT molecular complexity index is 862. The summed E-state index contributed by atoms with van der Waals surface area (Å²) in [5.41, 5.74) is 1.13. The number of carbonyl (C=O) groups is 2. The van der Waals surface area contributed by atoms with Crippen LogP contribution in [0.5, 0.6) is 5.75 Å². The first-order valence-electron chi connectivity index (χ1n) is 8.17. The van der Waals surface area contributed by atoms with Crippen LogP contribution >= 0.6 is 0 Å². The molecule has 7 heteroatoms.